The zero-order valence-corrected chi connectivity index (χ0v) is 11.8. The van der Waals surface area contributed by atoms with Crippen molar-refractivity contribution in [3.05, 3.63) is 20.8 Å². The number of hydrogen-bond acceptors (Lipinski definition) is 4. The maximum absolute atomic E-state index is 12.3. The van der Waals surface area contributed by atoms with E-state index in [9.17, 15) is 4.79 Å². The molecule has 5 heteroatoms. The van der Waals surface area contributed by atoms with Gasteiger partial charge >= 0.3 is 0 Å². The van der Waals surface area contributed by atoms with E-state index in [0.29, 0.717) is 12.6 Å². The first-order valence-electron chi connectivity index (χ1n) is 5.87. The lowest BCUT2D eigenvalue weighted by molar-refractivity contribution is -0.0344. The second-order valence-corrected chi connectivity index (χ2v) is 6.21. The van der Waals surface area contributed by atoms with Gasteiger partial charge in [0.15, 0.2) is 5.78 Å². The van der Waals surface area contributed by atoms with Crippen LogP contribution in [0.4, 0.5) is 0 Å². The predicted molar refractivity (Wildman–Crippen MR) is 70.7 cm³/mol. The van der Waals surface area contributed by atoms with Gasteiger partial charge in [0.05, 0.1) is 6.61 Å². The van der Waals surface area contributed by atoms with Gasteiger partial charge in [-0.15, -0.1) is 0 Å². The van der Waals surface area contributed by atoms with Crippen molar-refractivity contribution in [3.63, 3.8) is 0 Å². The molecule has 0 saturated carbocycles. The third-order valence-corrected chi connectivity index (χ3v) is 5.26. The largest absolute Gasteiger partial charge is 0.367 e. The summed E-state index contributed by atoms with van der Waals surface area (Å²) >= 11 is 4.95. The van der Waals surface area contributed by atoms with Crippen LogP contribution in [0.3, 0.4) is 0 Å². The monoisotopic (exact) mass is 315 g/mol. The molecule has 3 nitrogen and oxygen atoms in total. The Labute approximate surface area is 113 Å². The molecule has 0 aliphatic carbocycles. The van der Waals surface area contributed by atoms with Crippen LogP contribution in [-0.4, -0.2) is 42.5 Å². The van der Waals surface area contributed by atoms with Crippen LogP contribution in [0.25, 0.3) is 0 Å². The Bertz CT molecular complexity index is 434. The second kappa shape index (κ2) is 4.80. The van der Waals surface area contributed by atoms with E-state index >= 15 is 0 Å². The van der Waals surface area contributed by atoms with E-state index < -0.39 is 0 Å². The van der Waals surface area contributed by atoms with Crippen LogP contribution in [0.2, 0.25) is 0 Å². The lowest BCUT2D eigenvalue weighted by Gasteiger charge is -2.34. The molecule has 1 aromatic heterocycles. The van der Waals surface area contributed by atoms with Gasteiger partial charge in [-0.3, -0.25) is 9.69 Å². The van der Waals surface area contributed by atoms with Gasteiger partial charge in [0, 0.05) is 33.4 Å². The van der Waals surface area contributed by atoms with Gasteiger partial charge in [-0.1, -0.05) is 0 Å². The molecule has 0 N–H and O–H groups in total. The molecule has 0 aromatic carbocycles. The Kier molecular flexibility index (Phi) is 3.34. The fraction of sp³-hybridized carbons (Fsp3) is 0.583. The smallest absolute Gasteiger partial charge is 0.194 e. The number of fused-ring (bicyclic) bond motifs is 1. The van der Waals surface area contributed by atoms with E-state index in [0.717, 1.165) is 23.1 Å². The van der Waals surface area contributed by atoms with E-state index in [1.54, 1.807) is 11.3 Å². The maximum Gasteiger partial charge on any atom is 0.194 e. The molecule has 0 spiro atoms. The van der Waals surface area contributed by atoms with Crippen molar-refractivity contribution in [1.82, 2.24) is 4.90 Å². The van der Waals surface area contributed by atoms with Crippen molar-refractivity contribution in [2.24, 2.45) is 0 Å². The Morgan fingerprint density at radius 1 is 1.53 bits per heavy atom. The summed E-state index contributed by atoms with van der Waals surface area (Å²) in [5, 5.41) is 3.83. The lowest BCUT2D eigenvalue weighted by atomic mass is 10.1. The van der Waals surface area contributed by atoms with Crippen LogP contribution in [-0.2, 0) is 4.74 Å². The summed E-state index contributed by atoms with van der Waals surface area (Å²) in [7, 11) is 0. The zero-order valence-electron chi connectivity index (χ0n) is 9.39. The number of ether oxygens (including phenoxy) is 1. The highest BCUT2D eigenvalue weighted by atomic mass is 79.9. The quantitative estimate of drug-likeness (QED) is 0.786. The maximum atomic E-state index is 12.3. The minimum atomic E-state index is -0.282. The Morgan fingerprint density at radius 2 is 2.41 bits per heavy atom. The minimum Gasteiger partial charge on any atom is -0.367 e. The van der Waals surface area contributed by atoms with Crippen LogP contribution < -0.4 is 0 Å². The molecule has 2 fully saturated rings. The number of hydrogen-bond donors (Lipinski definition) is 0. The fourth-order valence-corrected chi connectivity index (χ4v) is 4.09. The van der Waals surface area contributed by atoms with Crippen LogP contribution in [0.15, 0.2) is 15.2 Å². The highest BCUT2D eigenvalue weighted by molar-refractivity contribution is 9.10. The van der Waals surface area contributed by atoms with Gasteiger partial charge in [-0.2, -0.15) is 11.3 Å². The van der Waals surface area contributed by atoms with Crippen molar-refractivity contribution in [2.45, 2.75) is 25.0 Å². The van der Waals surface area contributed by atoms with Gasteiger partial charge in [0.2, 0.25) is 0 Å². The number of nitrogens with zero attached hydrogens (tertiary/aromatic N) is 1. The molecular weight excluding hydrogens is 302 g/mol. The lowest BCUT2D eigenvalue weighted by Crippen LogP contribution is -2.49. The Balaban J connectivity index is 1.73. The third kappa shape index (κ3) is 2.21. The number of halogens is 1. The molecule has 1 aromatic rings. The van der Waals surface area contributed by atoms with Gasteiger partial charge in [-0.25, -0.2) is 0 Å². The standard InChI is InChI=1S/C12H14BrNO2S/c13-10-7-17-6-9(10)12(15)11-4-14-3-1-2-8(14)5-16-11/h6-8,11H,1-5H2. The van der Waals surface area contributed by atoms with Crippen LogP contribution in [0.5, 0.6) is 0 Å². The summed E-state index contributed by atoms with van der Waals surface area (Å²) in [5.41, 5.74) is 0.762. The molecule has 2 saturated heterocycles. The molecule has 2 atom stereocenters. The van der Waals surface area contributed by atoms with E-state index in [-0.39, 0.29) is 11.9 Å². The molecule has 0 bridgehead atoms. The first-order chi connectivity index (χ1) is 8.25. The van der Waals surface area contributed by atoms with Crippen LogP contribution in [0.1, 0.15) is 23.2 Å². The average Bonchev–Trinajstić information content (AvgIpc) is 2.95. The predicted octanol–water partition coefficient (Wildman–Crippen LogP) is 2.56. The number of carbonyl (C=O) groups excluding carboxylic acids is 1. The number of Topliss-reactive ketones (excluding diaryl/α,β-unsaturated/α-hetero) is 1. The Hall–Kier alpha value is -0.230. The molecule has 92 valence electrons. The van der Waals surface area contributed by atoms with Gasteiger partial charge < -0.3 is 4.74 Å². The highest BCUT2D eigenvalue weighted by Gasteiger charge is 2.36. The summed E-state index contributed by atoms with van der Waals surface area (Å²) in [6.45, 7) is 2.58. The van der Waals surface area contributed by atoms with Crippen molar-refractivity contribution < 1.29 is 9.53 Å². The summed E-state index contributed by atoms with van der Waals surface area (Å²) < 4.78 is 6.61. The van der Waals surface area contributed by atoms with E-state index in [2.05, 4.69) is 20.8 Å². The highest BCUT2D eigenvalue weighted by Crippen LogP contribution is 2.27. The second-order valence-electron chi connectivity index (χ2n) is 4.61. The van der Waals surface area contributed by atoms with Crippen molar-refractivity contribution in [1.29, 1.82) is 0 Å². The summed E-state index contributed by atoms with van der Waals surface area (Å²) in [6, 6.07) is 0.546. The molecule has 17 heavy (non-hydrogen) atoms. The minimum absolute atomic E-state index is 0.114. The molecule has 3 heterocycles. The number of rotatable bonds is 2. The zero-order chi connectivity index (χ0) is 11.8. The van der Waals surface area contributed by atoms with Gasteiger partial charge in [-0.05, 0) is 35.3 Å². The van der Waals surface area contributed by atoms with E-state index in [4.69, 9.17) is 4.74 Å². The van der Waals surface area contributed by atoms with Gasteiger partial charge in [0.1, 0.15) is 6.10 Å². The molecule has 0 amide bonds. The van der Waals surface area contributed by atoms with Crippen molar-refractivity contribution >= 4 is 33.0 Å². The van der Waals surface area contributed by atoms with E-state index in [1.165, 1.54) is 12.8 Å². The molecular formula is C12H14BrNO2S. The summed E-state index contributed by atoms with van der Waals surface area (Å²) in [5.74, 6) is 0.114. The molecule has 2 aliphatic rings. The van der Waals surface area contributed by atoms with Crippen LogP contribution in [0, 0.1) is 0 Å². The summed E-state index contributed by atoms with van der Waals surface area (Å²) in [4.78, 5) is 14.7. The Morgan fingerprint density at radius 3 is 3.18 bits per heavy atom. The number of ketones is 1. The van der Waals surface area contributed by atoms with Crippen molar-refractivity contribution in [3.8, 4) is 0 Å². The molecule has 2 aliphatic heterocycles. The molecule has 0 radical (unpaired) electrons. The normalized spacial score (nSPS) is 29.2. The molecule has 3 rings (SSSR count). The first-order valence-corrected chi connectivity index (χ1v) is 7.61. The topological polar surface area (TPSA) is 29.5 Å². The number of thiophene rings is 1. The van der Waals surface area contributed by atoms with Crippen molar-refractivity contribution in [2.75, 3.05) is 19.7 Å². The molecule has 2 unspecified atom stereocenters. The summed E-state index contributed by atoms with van der Waals surface area (Å²) in [6.07, 6.45) is 2.16. The SMILES string of the molecule is O=C(c1cscc1Br)C1CN2CCCC2CO1. The van der Waals surface area contributed by atoms with Gasteiger partial charge in [0.25, 0.3) is 0 Å². The fourth-order valence-electron chi connectivity index (χ4n) is 2.61. The first kappa shape index (κ1) is 11.8. The number of morpholine rings is 1. The average molecular weight is 316 g/mol. The van der Waals surface area contributed by atoms with E-state index in [1.807, 2.05) is 10.8 Å². The number of carbonyl (C=O) groups is 1. The third-order valence-electron chi connectivity index (χ3n) is 3.56. The van der Waals surface area contributed by atoms with Crippen LogP contribution >= 0.6 is 27.3 Å².